The van der Waals surface area contributed by atoms with Gasteiger partial charge in [0.05, 0.1) is 0 Å². The minimum atomic E-state index is 0.488. The summed E-state index contributed by atoms with van der Waals surface area (Å²) in [6.45, 7) is 0. The summed E-state index contributed by atoms with van der Waals surface area (Å²) in [5.74, 6) is 0. The van der Waals surface area contributed by atoms with Gasteiger partial charge in [-0.15, -0.1) is 0 Å². The van der Waals surface area contributed by atoms with E-state index >= 15 is 0 Å². The van der Waals surface area contributed by atoms with E-state index < -0.39 is 0 Å². The summed E-state index contributed by atoms with van der Waals surface area (Å²) in [6.07, 6.45) is 0. The Morgan fingerprint density at radius 1 is 1.00 bits per heavy atom. The molecule has 0 heterocycles. The molecule has 2 aromatic rings. The first-order valence-corrected chi connectivity index (χ1v) is 5.13. The number of hydrogen-bond donors (Lipinski definition) is 0. The molecule has 0 unspecified atom stereocenters. The molecule has 2 aromatic carbocycles. The minimum Gasteiger partial charge on any atom is -0.594 e. The van der Waals surface area contributed by atoms with E-state index in [1.165, 1.54) is 0 Å². The molecule has 0 bridgehead atoms. The predicted molar refractivity (Wildman–Crippen MR) is 63.3 cm³/mol. The Morgan fingerprint density at radius 3 is 2.44 bits per heavy atom. The Hall–Kier alpha value is -1.87. The van der Waals surface area contributed by atoms with E-state index in [-0.39, 0.29) is 0 Å². The van der Waals surface area contributed by atoms with Crippen molar-refractivity contribution in [2.45, 2.75) is 0 Å². The Morgan fingerprint density at radius 2 is 1.75 bits per heavy atom. The molecule has 16 heavy (non-hydrogen) atoms. The van der Waals surface area contributed by atoms with Crippen molar-refractivity contribution in [3.8, 4) is 0 Å². The quantitative estimate of drug-likeness (QED) is 0.433. The zero-order valence-corrected chi connectivity index (χ0v) is 9.13. The van der Waals surface area contributed by atoms with E-state index in [9.17, 15) is 5.21 Å². The fraction of sp³-hybridized carbons (Fsp3) is 0. The Bertz CT molecular complexity index is 511. The zero-order chi connectivity index (χ0) is 11.4. The van der Waals surface area contributed by atoms with Crippen molar-refractivity contribution in [3.05, 3.63) is 64.8 Å². The molecule has 80 valence electrons. The van der Waals surface area contributed by atoms with Crippen molar-refractivity contribution in [1.29, 1.82) is 0 Å². The van der Waals surface area contributed by atoms with E-state index in [2.05, 4.69) is 5.11 Å². The van der Waals surface area contributed by atoms with Crippen LogP contribution >= 0.6 is 11.6 Å². The van der Waals surface area contributed by atoms with Crippen molar-refractivity contribution in [3.63, 3.8) is 0 Å². The van der Waals surface area contributed by atoms with E-state index in [1.807, 2.05) is 6.07 Å². The maximum atomic E-state index is 11.6. The molecule has 4 heteroatoms. The van der Waals surface area contributed by atoms with Crippen LogP contribution in [0.5, 0.6) is 0 Å². The van der Waals surface area contributed by atoms with Crippen LogP contribution < -0.4 is 0 Å². The highest BCUT2D eigenvalue weighted by Gasteiger charge is 2.02. The van der Waals surface area contributed by atoms with Crippen molar-refractivity contribution >= 4 is 23.0 Å². The summed E-state index contributed by atoms with van der Waals surface area (Å²) in [5.41, 5.74) is 1.02. The van der Waals surface area contributed by atoms with Gasteiger partial charge in [-0.05, 0) is 18.2 Å². The molecule has 0 radical (unpaired) electrons. The van der Waals surface area contributed by atoms with Crippen molar-refractivity contribution in [2.75, 3.05) is 0 Å². The van der Waals surface area contributed by atoms with Crippen LogP contribution in [0.2, 0.25) is 5.02 Å². The van der Waals surface area contributed by atoms with Gasteiger partial charge in [-0.1, -0.05) is 40.7 Å². The van der Waals surface area contributed by atoms with Crippen LogP contribution in [0.3, 0.4) is 0 Å². The van der Waals surface area contributed by atoms with E-state index in [0.717, 1.165) is 0 Å². The van der Waals surface area contributed by atoms with Crippen LogP contribution in [-0.2, 0) is 0 Å². The summed E-state index contributed by atoms with van der Waals surface area (Å²) in [7, 11) is 0. The molecule has 0 N–H and O–H groups in total. The lowest BCUT2D eigenvalue weighted by Gasteiger charge is -1.99. The van der Waals surface area contributed by atoms with Gasteiger partial charge in [0.15, 0.2) is 0 Å². The minimum absolute atomic E-state index is 0.488. The standard InChI is InChI=1S/C12H9ClN2O/c13-10-5-4-6-11(9-10)14-15(16)12-7-2-1-3-8-12/h1-9H. The number of rotatable bonds is 2. The van der Waals surface area contributed by atoms with E-state index in [4.69, 9.17) is 11.6 Å². The van der Waals surface area contributed by atoms with Crippen molar-refractivity contribution < 1.29 is 4.86 Å². The third kappa shape index (κ3) is 2.58. The average Bonchev–Trinajstić information content (AvgIpc) is 2.30. The molecule has 0 fully saturated rings. The molecule has 0 aliphatic carbocycles. The van der Waals surface area contributed by atoms with Gasteiger partial charge in [-0.3, -0.25) is 0 Å². The topological polar surface area (TPSA) is 38.4 Å². The van der Waals surface area contributed by atoms with Gasteiger partial charge in [0.2, 0.25) is 5.69 Å². The molecule has 0 aromatic heterocycles. The highest BCUT2D eigenvalue weighted by molar-refractivity contribution is 6.30. The highest BCUT2D eigenvalue weighted by atomic mass is 35.5. The molecular weight excluding hydrogens is 224 g/mol. The number of nitrogens with zero attached hydrogens (tertiary/aromatic N) is 2. The Balaban J connectivity index is 2.32. The lowest BCUT2D eigenvalue weighted by atomic mass is 10.3. The lowest BCUT2D eigenvalue weighted by Crippen LogP contribution is -1.89. The second-order valence-corrected chi connectivity index (χ2v) is 3.62. The zero-order valence-electron chi connectivity index (χ0n) is 8.38. The van der Waals surface area contributed by atoms with Gasteiger partial charge < -0.3 is 5.21 Å². The van der Waals surface area contributed by atoms with Gasteiger partial charge in [-0.2, -0.15) is 0 Å². The molecule has 0 atom stereocenters. The average molecular weight is 233 g/mol. The largest absolute Gasteiger partial charge is 0.594 e. The van der Waals surface area contributed by atoms with Gasteiger partial charge in [0.25, 0.3) is 0 Å². The fourth-order valence-corrected chi connectivity index (χ4v) is 1.44. The maximum Gasteiger partial charge on any atom is 0.244 e. The Labute approximate surface area is 98.2 Å². The second-order valence-electron chi connectivity index (χ2n) is 3.19. The highest BCUT2D eigenvalue weighted by Crippen LogP contribution is 2.20. The normalized spacial score (nSPS) is 11.4. The first-order chi connectivity index (χ1) is 7.75. The summed E-state index contributed by atoms with van der Waals surface area (Å²) in [6, 6.07) is 15.6. The van der Waals surface area contributed by atoms with Gasteiger partial charge in [-0.25, -0.2) is 0 Å². The number of halogens is 1. The van der Waals surface area contributed by atoms with Crippen LogP contribution in [0.1, 0.15) is 0 Å². The number of benzene rings is 2. The smallest absolute Gasteiger partial charge is 0.244 e. The molecule has 0 spiro atoms. The summed E-state index contributed by atoms with van der Waals surface area (Å²) in [4.78, 5) is 0.575. The Kier molecular flexibility index (Phi) is 3.17. The summed E-state index contributed by atoms with van der Waals surface area (Å²) >= 11 is 5.79. The van der Waals surface area contributed by atoms with E-state index in [1.54, 1.807) is 48.5 Å². The maximum absolute atomic E-state index is 11.6. The van der Waals surface area contributed by atoms with Crippen molar-refractivity contribution in [2.24, 2.45) is 5.11 Å². The molecule has 0 aliphatic rings. The van der Waals surface area contributed by atoms with Crippen LogP contribution in [0.15, 0.2) is 59.7 Å². The molecule has 0 amide bonds. The first kappa shape index (κ1) is 10.6. The molecule has 3 nitrogen and oxygen atoms in total. The van der Waals surface area contributed by atoms with E-state index in [0.29, 0.717) is 21.3 Å². The number of azo groups is 1. The molecular formula is C12H9ClN2O. The number of hydrogen-bond acceptors (Lipinski definition) is 2. The van der Waals surface area contributed by atoms with Crippen molar-refractivity contribution in [1.82, 2.24) is 0 Å². The second kappa shape index (κ2) is 4.77. The third-order valence-corrected chi connectivity index (χ3v) is 2.23. The predicted octanol–water partition coefficient (Wildman–Crippen LogP) is 4.27. The van der Waals surface area contributed by atoms with Crippen LogP contribution in [0.4, 0.5) is 11.4 Å². The monoisotopic (exact) mass is 232 g/mol. The van der Waals surface area contributed by atoms with Gasteiger partial charge in [0.1, 0.15) is 5.69 Å². The summed E-state index contributed by atoms with van der Waals surface area (Å²) < 4.78 is 0. The van der Waals surface area contributed by atoms with Gasteiger partial charge in [0, 0.05) is 22.3 Å². The lowest BCUT2D eigenvalue weighted by molar-refractivity contribution is -0.435. The first-order valence-electron chi connectivity index (χ1n) is 4.75. The molecule has 0 saturated carbocycles. The van der Waals surface area contributed by atoms with Crippen LogP contribution in [0, 0.1) is 5.21 Å². The molecule has 2 rings (SSSR count). The van der Waals surface area contributed by atoms with Gasteiger partial charge >= 0.3 is 0 Å². The SMILES string of the molecule is [O-][N+](=Nc1cccc(Cl)c1)c1ccccc1. The summed E-state index contributed by atoms with van der Waals surface area (Å²) in [5, 5.41) is 16.1. The van der Waals surface area contributed by atoms with Crippen LogP contribution in [-0.4, -0.2) is 4.86 Å². The van der Waals surface area contributed by atoms with Crippen LogP contribution in [0.25, 0.3) is 0 Å². The molecule has 0 aliphatic heterocycles. The fourth-order valence-electron chi connectivity index (χ4n) is 1.26. The third-order valence-electron chi connectivity index (χ3n) is 1.99. The molecule has 0 saturated heterocycles. The number of para-hydroxylation sites is 1.